The van der Waals surface area contributed by atoms with Crippen LogP contribution in [0, 0.1) is 11.8 Å². The summed E-state index contributed by atoms with van der Waals surface area (Å²) in [6, 6.07) is 5.05. The van der Waals surface area contributed by atoms with E-state index in [4.69, 9.17) is 5.73 Å². The lowest BCUT2D eigenvalue weighted by Crippen LogP contribution is -2.70. The average molecular weight is 468 g/mol. The summed E-state index contributed by atoms with van der Waals surface area (Å²) in [5.41, 5.74) is 6.77. The lowest BCUT2D eigenvalue weighted by atomic mass is 9.82. The van der Waals surface area contributed by atoms with Gasteiger partial charge in [0, 0.05) is 38.9 Å². The summed E-state index contributed by atoms with van der Waals surface area (Å²) in [5.74, 6) is -0.343. The van der Waals surface area contributed by atoms with Gasteiger partial charge in [-0.2, -0.15) is 0 Å². The van der Waals surface area contributed by atoms with Crippen molar-refractivity contribution in [1.82, 2.24) is 14.9 Å². The van der Waals surface area contributed by atoms with Crippen LogP contribution in [0.2, 0.25) is 0 Å². The lowest BCUT2D eigenvalue weighted by molar-refractivity contribution is -0.156. The molecule has 0 radical (unpaired) electrons. The molecule has 3 heterocycles. The Kier molecular flexibility index (Phi) is 9.13. The highest BCUT2D eigenvalue weighted by atomic mass is 16.2. The molecule has 0 unspecified atom stereocenters. The third-order valence-electron chi connectivity index (χ3n) is 6.71. The van der Waals surface area contributed by atoms with Crippen molar-refractivity contribution in [3.63, 3.8) is 0 Å². The van der Waals surface area contributed by atoms with Gasteiger partial charge in [0.2, 0.25) is 5.91 Å². The maximum Gasteiger partial charge on any atom is 0.322 e. The van der Waals surface area contributed by atoms with Crippen LogP contribution >= 0.6 is 0 Å². The Hall–Kier alpha value is -3.29. The zero-order valence-corrected chi connectivity index (χ0v) is 20.1. The van der Waals surface area contributed by atoms with Crippen LogP contribution in [0.4, 0.5) is 10.5 Å². The zero-order valence-electron chi connectivity index (χ0n) is 20.1. The fourth-order valence-corrected chi connectivity index (χ4v) is 4.83. The third kappa shape index (κ3) is 6.18. The highest BCUT2D eigenvalue weighted by Gasteiger charge is 2.54. The number of pyridine rings is 2. The van der Waals surface area contributed by atoms with Crippen LogP contribution < -0.4 is 10.6 Å². The number of hydrogen-bond acceptors (Lipinski definition) is 5. The molecular weight excluding hydrogens is 430 g/mol. The molecule has 4 rings (SSSR count). The molecule has 0 aromatic carbocycles. The van der Waals surface area contributed by atoms with Crippen LogP contribution in [-0.4, -0.2) is 45.8 Å². The molecular formula is C26H37N5O3. The molecule has 1 aliphatic heterocycles. The second-order valence-corrected chi connectivity index (χ2v) is 9.05. The van der Waals surface area contributed by atoms with Gasteiger partial charge in [0.1, 0.15) is 6.04 Å². The summed E-state index contributed by atoms with van der Waals surface area (Å²) in [6.45, 7) is 2.30. The van der Waals surface area contributed by atoms with E-state index in [2.05, 4.69) is 16.9 Å². The minimum Gasteiger partial charge on any atom is -0.351 e. The van der Waals surface area contributed by atoms with Crippen molar-refractivity contribution in [2.75, 3.05) is 11.9 Å². The van der Waals surface area contributed by atoms with Crippen molar-refractivity contribution in [2.45, 2.75) is 64.3 Å². The fraction of sp³-hybridized carbons (Fsp3) is 0.500. The Bertz CT molecular complexity index is 951. The van der Waals surface area contributed by atoms with Gasteiger partial charge in [-0.15, -0.1) is 0 Å². The molecule has 2 N–H and O–H groups in total. The molecule has 4 amide bonds. The van der Waals surface area contributed by atoms with E-state index in [0.29, 0.717) is 12.1 Å². The maximum absolute atomic E-state index is 12.9. The van der Waals surface area contributed by atoms with E-state index in [-0.39, 0.29) is 7.33 Å². The Morgan fingerprint density at radius 3 is 2.21 bits per heavy atom. The highest BCUT2D eigenvalue weighted by Crippen LogP contribution is 2.32. The largest absolute Gasteiger partial charge is 0.351 e. The van der Waals surface area contributed by atoms with Gasteiger partial charge in [-0.3, -0.25) is 24.5 Å². The van der Waals surface area contributed by atoms with Gasteiger partial charge in [-0.25, -0.2) is 4.79 Å². The molecule has 34 heavy (non-hydrogen) atoms. The molecule has 8 heteroatoms. The van der Waals surface area contributed by atoms with Gasteiger partial charge < -0.3 is 10.6 Å². The van der Waals surface area contributed by atoms with E-state index < -0.39 is 23.9 Å². The molecule has 2 aromatic rings. The third-order valence-corrected chi connectivity index (χ3v) is 6.71. The van der Waals surface area contributed by atoms with Crippen molar-refractivity contribution < 1.29 is 15.8 Å². The monoisotopic (exact) mass is 467 g/mol. The Balaban J connectivity index is 0.000000366. The number of β-lactam (4-membered cyclic amide) rings is 1. The number of likely N-dealkylation sites (N-methyl/N-ethyl adjacent to an activating group) is 1. The van der Waals surface area contributed by atoms with Gasteiger partial charge >= 0.3 is 6.03 Å². The van der Waals surface area contributed by atoms with Crippen molar-refractivity contribution in [3.05, 3.63) is 54.6 Å². The van der Waals surface area contributed by atoms with Gasteiger partial charge in [0.25, 0.3) is 5.91 Å². The van der Waals surface area contributed by atoms with E-state index in [1.54, 1.807) is 56.1 Å². The standard InChI is InChI=1S/C17H17N5O3.C9H18.H2/c1-21(12-4-8-20-9-5-12)16(24)14-13(15(23)22(14)17(18)25)10-11-2-6-19-7-3-11;1-2-6-9-7-4-3-5-8-9;/h2-9,13-14H,10H2,1H3,(H2,18,25);9H,2-8H2,1H3;1H/t13-,14+;;/m1../s1. The quantitative estimate of drug-likeness (QED) is 0.640. The minimum absolute atomic E-state index is 0. The van der Waals surface area contributed by atoms with Gasteiger partial charge in [-0.05, 0) is 42.2 Å². The summed E-state index contributed by atoms with van der Waals surface area (Å²) >= 11 is 0. The molecule has 184 valence electrons. The van der Waals surface area contributed by atoms with Crippen molar-refractivity contribution in [2.24, 2.45) is 17.6 Å². The van der Waals surface area contributed by atoms with Crippen LogP contribution in [0.5, 0.6) is 0 Å². The number of urea groups is 1. The molecule has 1 saturated heterocycles. The van der Waals surface area contributed by atoms with E-state index in [9.17, 15) is 14.4 Å². The topological polar surface area (TPSA) is 109 Å². The van der Waals surface area contributed by atoms with Crippen LogP contribution in [0.3, 0.4) is 0 Å². The number of anilines is 1. The van der Waals surface area contributed by atoms with Gasteiger partial charge in [0.15, 0.2) is 0 Å². The molecule has 1 aliphatic carbocycles. The summed E-state index contributed by atoms with van der Waals surface area (Å²) < 4.78 is 0. The van der Waals surface area contributed by atoms with Crippen LogP contribution in [-0.2, 0) is 16.0 Å². The number of rotatable bonds is 6. The van der Waals surface area contributed by atoms with Crippen LogP contribution in [0.15, 0.2) is 49.1 Å². The van der Waals surface area contributed by atoms with Gasteiger partial charge in [0.05, 0.1) is 5.92 Å². The van der Waals surface area contributed by atoms with E-state index in [0.717, 1.165) is 16.4 Å². The van der Waals surface area contributed by atoms with E-state index >= 15 is 0 Å². The Morgan fingerprint density at radius 2 is 1.65 bits per heavy atom. The van der Waals surface area contributed by atoms with Crippen molar-refractivity contribution in [3.8, 4) is 0 Å². The smallest absolute Gasteiger partial charge is 0.322 e. The van der Waals surface area contributed by atoms with Crippen LogP contribution in [0.25, 0.3) is 0 Å². The normalized spacial score (nSPS) is 20.1. The predicted octanol–water partition coefficient (Wildman–Crippen LogP) is 4.20. The number of nitrogens with zero attached hydrogens (tertiary/aromatic N) is 4. The number of carbonyl (C=O) groups is 3. The molecule has 2 aromatic heterocycles. The lowest BCUT2D eigenvalue weighted by Gasteiger charge is -2.44. The average Bonchev–Trinajstić information content (AvgIpc) is 2.87. The predicted molar refractivity (Wildman–Crippen MR) is 133 cm³/mol. The SMILES string of the molecule is CCCC1CCCCC1.CN(C(=O)[C@@H]1[C@@H](Cc2ccncc2)C(=O)N1C(N)=O)c1ccncc1.[HH]. The number of primary amides is 1. The molecule has 2 aliphatic rings. The number of amides is 4. The minimum atomic E-state index is -0.920. The summed E-state index contributed by atoms with van der Waals surface area (Å²) in [7, 11) is 1.59. The second-order valence-electron chi connectivity index (χ2n) is 9.05. The molecule has 1 saturated carbocycles. The number of carbonyl (C=O) groups excluding carboxylic acids is 3. The van der Waals surface area contributed by atoms with Crippen molar-refractivity contribution >= 4 is 23.5 Å². The first kappa shape index (κ1) is 25.3. The highest BCUT2D eigenvalue weighted by molar-refractivity contribution is 6.12. The Labute approximate surface area is 203 Å². The fourth-order valence-electron chi connectivity index (χ4n) is 4.83. The number of hydrogen-bond donors (Lipinski definition) is 1. The van der Waals surface area contributed by atoms with Crippen molar-refractivity contribution in [1.29, 1.82) is 0 Å². The summed E-state index contributed by atoms with van der Waals surface area (Å²) in [4.78, 5) is 46.9. The number of likely N-dealkylation sites (tertiary alicyclic amines) is 1. The molecule has 8 nitrogen and oxygen atoms in total. The van der Waals surface area contributed by atoms with E-state index in [1.807, 2.05) is 0 Å². The van der Waals surface area contributed by atoms with Gasteiger partial charge in [-0.1, -0.05) is 51.9 Å². The van der Waals surface area contributed by atoms with Crippen LogP contribution in [0.1, 0.15) is 58.9 Å². The molecule has 0 spiro atoms. The first-order valence-corrected chi connectivity index (χ1v) is 12.1. The molecule has 2 atom stereocenters. The zero-order chi connectivity index (χ0) is 24.5. The first-order valence-electron chi connectivity index (χ1n) is 12.1. The van der Waals surface area contributed by atoms with E-state index in [1.165, 1.54) is 49.8 Å². The molecule has 0 bridgehead atoms. The second kappa shape index (κ2) is 12.3. The summed E-state index contributed by atoms with van der Waals surface area (Å²) in [6.07, 6.45) is 17.1. The number of aromatic nitrogens is 2. The summed E-state index contributed by atoms with van der Waals surface area (Å²) in [5, 5.41) is 0. The number of nitrogens with two attached hydrogens (primary N) is 1. The Morgan fingerprint density at radius 1 is 1.06 bits per heavy atom. The first-order chi connectivity index (χ1) is 16.4. The maximum atomic E-state index is 12.9. The molecule has 2 fully saturated rings. The number of imide groups is 1.